The van der Waals surface area contributed by atoms with Crippen molar-refractivity contribution in [1.29, 1.82) is 0 Å². The van der Waals surface area contributed by atoms with Gasteiger partial charge in [0.25, 0.3) is 0 Å². The van der Waals surface area contributed by atoms with Gasteiger partial charge in [-0.15, -0.1) is 21.5 Å². The largest absolute Gasteiger partial charge is 0.497 e. The fourth-order valence-corrected chi connectivity index (χ4v) is 12.5. The summed E-state index contributed by atoms with van der Waals surface area (Å²) in [5, 5.41) is 34.2. The van der Waals surface area contributed by atoms with Crippen LogP contribution in [0.25, 0.3) is 32.7 Å². The Morgan fingerprint density at radius 1 is 0.809 bits per heavy atom. The van der Waals surface area contributed by atoms with E-state index in [1.807, 2.05) is 18.2 Å². The second-order valence-electron chi connectivity index (χ2n) is 16.5. The number of methoxy groups -OCH3 is 3. The highest BCUT2D eigenvalue weighted by atomic mass is 79.9. The van der Waals surface area contributed by atoms with Crippen molar-refractivity contribution < 1.29 is 46.1 Å². The maximum atomic E-state index is 16.1. The third-order valence-electron chi connectivity index (χ3n) is 10.9. The van der Waals surface area contributed by atoms with Gasteiger partial charge in [0.05, 0.1) is 56.3 Å². The SMILES string of the molecule is COc1ccc(CN(Cc2ccc(OC)cc2)S(=O)(=O)c2c(S(=O)(=O)N[C@@H](CO)CN(C(=O)O)C(C)(C)C)ccc(-c3cccc4sc(Br)nc34)c2-c2nnn(Cc3ccc(OC)cc3)n2)cc1. The van der Waals surface area contributed by atoms with Crippen LogP contribution in [0, 0.1) is 0 Å². The van der Waals surface area contributed by atoms with E-state index < -0.39 is 60.7 Å². The van der Waals surface area contributed by atoms with Gasteiger partial charge >= 0.3 is 6.09 Å². The molecule has 68 heavy (non-hydrogen) atoms. The lowest BCUT2D eigenvalue weighted by Gasteiger charge is -2.35. The van der Waals surface area contributed by atoms with Crippen molar-refractivity contribution in [3.63, 3.8) is 0 Å². The first-order valence-corrected chi connectivity index (χ1v) is 25.4. The summed E-state index contributed by atoms with van der Waals surface area (Å²) >= 11 is 4.83. The Morgan fingerprint density at radius 2 is 1.37 bits per heavy atom. The molecule has 0 saturated heterocycles. The number of ether oxygens (including phenoxy) is 3. The minimum absolute atomic E-state index is 0.0929. The van der Waals surface area contributed by atoms with E-state index in [0.29, 0.717) is 43.4 Å². The second kappa shape index (κ2) is 20.7. The summed E-state index contributed by atoms with van der Waals surface area (Å²) in [6.45, 7) is 3.14. The number of benzene rings is 5. The van der Waals surface area contributed by atoms with E-state index in [0.717, 1.165) is 19.5 Å². The topological polar surface area (TPSA) is 228 Å². The molecule has 0 unspecified atom stereocenters. The summed E-state index contributed by atoms with van der Waals surface area (Å²) in [6, 6.07) is 27.3. The molecule has 0 fully saturated rings. The molecule has 2 aromatic heterocycles. The standard InChI is InChI=1S/C46H49BrN8O10S3/c1-46(2,3)54(45(57)58)27-32(28-56)51-67(59,60)39-23-22-36(37-8-7-9-38-41(37)48-44(47)66-38)40(43-49-52-55(50-43)26-31-14-20-35(65-6)21-15-31)42(39)68(61,62)53(24-29-10-16-33(63-4)17-11-29)25-30-12-18-34(64-5)19-13-30/h7-23,32,51,56H,24-28H2,1-6H3,(H,57,58)/t32-/m1/s1. The summed E-state index contributed by atoms with van der Waals surface area (Å²) in [4.78, 5) is 17.9. The van der Waals surface area contributed by atoms with Crippen LogP contribution in [-0.2, 0) is 39.7 Å². The van der Waals surface area contributed by atoms with Crippen molar-refractivity contribution in [1.82, 2.24) is 39.1 Å². The molecular formula is C46H49BrN8O10S3. The number of carbonyl (C=O) groups is 1. The van der Waals surface area contributed by atoms with Gasteiger partial charge in [0.2, 0.25) is 25.9 Å². The first-order chi connectivity index (χ1) is 32.3. The molecule has 0 spiro atoms. The van der Waals surface area contributed by atoms with Gasteiger partial charge in [-0.2, -0.15) is 9.10 Å². The number of hydrogen-bond acceptors (Lipinski definition) is 14. The van der Waals surface area contributed by atoms with Crippen LogP contribution in [0.3, 0.4) is 0 Å². The molecular weight excluding hydrogens is 1000 g/mol. The van der Waals surface area contributed by atoms with Gasteiger partial charge in [0.15, 0.2) is 3.92 Å². The Hall–Kier alpha value is -6.01. The number of amides is 1. The summed E-state index contributed by atoms with van der Waals surface area (Å²) in [5.74, 6) is 1.46. The zero-order valence-electron chi connectivity index (χ0n) is 37.8. The van der Waals surface area contributed by atoms with Crippen LogP contribution in [0.2, 0.25) is 0 Å². The zero-order chi connectivity index (χ0) is 49.0. The van der Waals surface area contributed by atoms with Crippen LogP contribution in [0.1, 0.15) is 37.5 Å². The molecule has 0 radical (unpaired) electrons. The Labute approximate surface area is 406 Å². The molecule has 1 amide bonds. The average Bonchev–Trinajstić information content (AvgIpc) is 3.95. The minimum Gasteiger partial charge on any atom is -0.497 e. The number of thiazole rings is 1. The van der Waals surface area contributed by atoms with Crippen molar-refractivity contribution in [2.45, 2.75) is 61.8 Å². The number of hydrogen-bond donors (Lipinski definition) is 3. The number of sulfonamides is 2. The van der Waals surface area contributed by atoms with Gasteiger partial charge in [0, 0.05) is 30.7 Å². The van der Waals surface area contributed by atoms with Gasteiger partial charge in [0.1, 0.15) is 27.0 Å². The predicted molar refractivity (Wildman–Crippen MR) is 260 cm³/mol. The molecule has 358 valence electrons. The van der Waals surface area contributed by atoms with Crippen molar-refractivity contribution in [3.05, 3.63) is 124 Å². The number of nitrogens with zero attached hydrogens (tertiary/aromatic N) is 7. The lowest BCUT2D eigenvalue weighted by molar-refractivity contribution is 0.0878. The highest BCUT2D eigenvalue weighted by Crippen LogP contribution is 2.44. The highest BCUT2D eigenvalue weighted by molar-refractivity contribution is 9.11. The Kier molecular flexibility index (Phi) is 15.2. The highest BCUT2D eigenvalue weighted by Gasteiger charge is 2.39. The molecule has 2 heterocycles. The first-order valence-electron chi connectivity index (χ1n) is 20.9. The van der Waals surface area contributed by atoms with E-state index >= 15 is 16.8 Å². The lowest BCUT2D eigenvalue weighted by atomic mass is 9.98. The molecule has 0 bridgehead atoms. The van der Waals surface area contributed by atoms with E-state index in [-0.39, 0.29) is 36.6 Å². The molecule has 5 aromatic carbocycles. The summed E-state index contributed by atoms with van der Waals surface area (Å²) in [5.41, 5.74) is 1.76. The van der Waals surface area contributed by atoms with E-state index in [2.05, 4.69) is 31.0 Å². The average molecular weight is 1050 g/mol. The van der Waals surface area contributed by atoms with Crippen LogP contribution in [0.4, 0.5) is 4.79 Å². The fraction of sp³-hybridized carbons (Fsp3) is 0.283. The molecule has 0 aliphatic carbocycles. The number of aliphatic hydroxyl groups is 1. The molecule has 7 aromatic rings. The molecule has 0 aliphatic rings. The van der Waals surface area contributed by atoms with Crippen molar-refractivity contribution >= 4 is 63.6 Å². The Balaban J connectivity index is 1.51. The quantitative estimate of drug-likeness (QED) is 0.0725. The van der Waals surface area contributed by atoms with Crippen LogP contribution < -0.4 is 18.9 Å². The molecule has 0 aliphatic heterocycles. The van der Waals surface area contributed by atoms with Crippen LogP contribution in [0.15, 0.2) is 117 Å². The van der Waals surface area contributed by atoms with E-state index in [9.17, 15) is 15.0 Å². The molecule has 3 N–H and O–H groups in total. The van der Waals surface area contributed by atoms with Crippen molar-refractivity contribution in [2.24, 2.45) is 0 Å². The first kappa shape index (κ1) is 49.9. The van der Waals surface area contributed by atoms with Gasteiger partial charge < -0.3 is 29.3 Å². The number of halogens is 1. The normalized spacial score (nSPS) is 12.6. The maximum Gasteiger partial charge on any atom is 0.407 e. The van der Waals surface area contributed by atoms with E-state index in [1.54, 1.807) is 101 Å². The van der Waals surface area contributed by atoms with Crippen LogP contribution in [0.5, 0.6) is 17.2 Å². The third-order valence-corrected chi connectivity index (χ3v) is 15.9. The van der Waals surface area contributed by atoms with Gasteiger partial charge in [-0.25, -0.2) is 31.3 Å². The lowest BCUT2D eigenvalue weighted by Crippen LogP contribution is -2.53. The summed E-state index contributed by atoms with van der Waals surface area (Å²) < 4.78 is 83.4. The summed E-state index contributed by atoms with van der Waals surface area (Å²) in [6.07, 6.45) is -1.36. The summed E-state index contributed by atoms with van der Waals surface area (Å²) in [7, 11) is -5.46. The van der Waals surface area contributed by atoms with Crippen LogP contribution in [-0.4, -0.2) is 114 Å². The number of nitrogens with one attached hydrogen (secondary N) is 1. The molecule has 1 atom stereocenters. The number of carboxylic acid groups (broad SMARTS) is 1. The number of aliphatic hydroxyl groups excluding tert-OH is 1. The minimum atomic E-state index is -5.03. The second-order valence-corrected chi connectivity index (χ2v) is 22.3. The molecule has 7 rings (SSSR count). The number of rotatable bonds is 19. The predicted octanol–water partition coefficient (Wildman–Crippen LogP) is 7.26. The van der Waals surface area contributed by atoms with Gasteiger partial charge in [-0.1, -0.05) is 54.6 Å². The number of para-hydroxylation sites is 1. The Bertz CT molecular complexity index is 3080. The van der Waals surface area contributed by atoms with E-state index in [4.69, 9.17) is 24.3 Å². The number of fused-ring (bicyclic) bond motifs is 1. The van der Waals surface area contributed by atoms with Crippen molar-refractivity contribution in [2.75, 3.05) is 34.5 Å². The van der Waals surface area contributed by atoms with Gasteiger partial charge in [-0.05, 0) is 113 Å². The fourth-order valence-electron chi connectivity index (χ4n) is 7.42. The third kappa shape index (κ3) is 11.1. The van der Waals surface area contributed by atoms with Gasteiger partial charge in [-0.3, -0.25) is 0 Å². The monoisotopic (exact) mass is 1050 g/mol. The Morgan fingerprint density at radius 3 is 1.88 bits per heavy atom. The van der Waals surface area contributed by atoms with E-state index in [1.165, 1.54) is 42.5 Å². The molecule has 22 heteroatoms. The molecule has 0 saturated carbocycles. The van der Waals surface area contributed by atoms with Crippen LogP contribution >= 0.6 is 27.3 Å². The van der Waals surface area contributed by atoms with Crippen molar-refractivity contribution in [3.8, 4) is 39.8 Å². The zero-order valence-corrected chi connectivity index (χ0v) is 41.9. The maximum absolute atomic E-state index is 16.1. The number of tetrazole rings is 1. The smallest absolute Gasteiger partial charge is 0.407 e. The molecule has 18 nitrogen and oxygen atoms in total. The number of aromatic nitrogens is 5.